The summed E-state index contributed by atoms with van der Waals surface area (Å²) >= 11 is 0. The molecule has 0 saturated heterocycles. The fourth-order valence-electron chi connectivity index (χ4n) is 3.23. The molecule has 0 aliphatic heterocycles. The maximum Gasteiger partial charge on any atom is 0.341 e. The van der Waals surface area contributed by atoms with Crippen molar-refractivity contribution in [3.8, 4) is 28.3 Å². The molecule has 0 aliphatic rings. The normalized spacial score (nSPS) is 11.2. The summed E-state index contributed by atoms with van der Waals surface area (Å²) in [6, 6.07) is 25.2. The van der Waals surface area contributed by atoms with Crippen molar-refractivity contribution in [2.24, 2.45) is 0 Å². The average Bonchev–Trinajstić information content (AvgIpc) is 3.27. The number of nitrogens with zero attached hydrogens (tertiary/aromatic N) is 1. The van der Waals surface area contributed by atoms with Crippen LogP contribution in [0.25, 0.3) is 34.2 Å². The van der Waals surface area contributed by atoms with Crippen LogP contribution in [0.2, 0.25) is 0 Å². The minimum absolute atomic E-state index is 0.0444. The zero-order chi connectivity index (χ0) is 23.2. The number of carbonyl (C=O) groups is 2. The number of ether oxygens (including phenoxy) is 1. The van der Waals surface area contributed by atoms with Gasteiger partial charge in [-0.25, -0.2) is 14.6 Å². The average molecular weight is 441 g/mol. The lowest BCUT2D eigenvalue weighted by molar-refractivity contribution is -0.139. The van der Waals surface area contributed by atoms with Crippen LogP contribution in [0.15, 0.2) is 89.3 Å². The van der Waals surface area contributed by atoms with Crippen molar-refractivity contribution in [1.29, 1.82) is 0 Å². The maximum atomic E-state index is 12.1. The van der Waals surface area contributed by atoms with Crippen molar-refractivity contribution < 1.29 is 29.0 Å². The van der Waals surface area contributed by atoms with Crippen LogP contribution >= 0.6 is 0 Å². The molecule has 4 rings (SSSR count). The Morgan fingerprint density at radius 2 is 1.55 bits per heavy atom. The van der Waals surface area contributed by atoms with Crippen LogP contribution < -0.4 is 4.74 Å². The Labute approximate surface area is 189 Å². The number of aliphatic carboxylic acids is 2. The molecule has 0 aliphatic carbocycles. The molecular formula is C26H19NO6. The summed E-state index contributed by atoms with van der Waals surface area (Å²) in [6.45, 7) is -0.500. The van der Waals surface area contributed by atoms with Gasteiger partial charge >= 0.3 is 11.9 Å². The molecular weight excluding hydrogens is 422 g/mol. The fraction of sp³-hybridized carbons (Fsp3) is 0.0385. The van der Waals surface area contributed by atoms with Crippen molar-refractivity contribution in [3.63, 3.8) is 0 Å². The van der Waals surface area contributed by atoms with Gasteiger partial charge in [0.1, 0.15) is 17.0 Å². The molecule has 3 aromatic carbocycles. The Morgan fingerprint density at radius 1 is 0.879 bits per heavy atom. The number of carboxylic acids is 2. The standard InChI is InChI=1S/C26H19NO6/c28-22(29)16-32-20-13-7-8-17(14-20)15-21(26(30)31)25-27-23(18-9-3-1-4-10-18)24(33-25)19-11-5-2-6-12-19/h1-15H,16H2,(H,28,29)(H,30,31)/b21-15+. The van der Waals surface area contributed by atoms with Crippen molar-refractivity contribution in [2.75, 3.05) is 6.61 Å². The molecule has 7 heteroatoms. The minimum Gasteiger partial charge on any atom is -0.482 e. The number of hydrogen-bond donors (Lipinski definition) is 2. The summed E-state index contributed by atoms with van der Waals surface area (Å²) in [6.07, 6.45) is 1.41. The molecule has 4 aromatic rings. The highest BCUT2D eigenvalue weighted by Crippen LogP contribution is 2.35. The summed E-state index contributed by atoms with van der Waals surface area (Å²) in [7, 11) is 0. The number of benzene rings is 3. The van der Waals surface area contributed by atoms with Crippen LogP contribution in [0.3, 0.4) is 0 Å². The topological polar surface area (TPSA) is 110 Å². The van der Waals surface area contributed by atoms with Gasteiger partial charge in [0.2, 0.25) is 5.89 Å². The summed E-state index contributed by atoms with van der Waals surface area (Å²) in [5, 5.41) is 18.7. The predicted octanol–water partition coefficient (Wildman–Crippen LogP) is 5.10. The smallest absolute Gasteiger partial charge is 0.341 e. The van der Waals surface area contributed by atoms with E-state index in [1.54, 1.807) is 24.3 Å². The Hall–Kier alpha value is -4.65. The Bertz CT molecular complexity index is 1250. The summed E-state index contributed by atoms with van der Waals surface area (Å²) in [5.74, 6) is -1.60. The van der Waals surface area contributed by atoms with E-state index < -0.39 is 18.5 Å². The summed E-state index contributed by atoms with van der Waals surface area (Å²) in [4.78, 5) is 27.4. The number of aromatic nitrogens is 1. The second kappa shape index (κ2) is 9.65. The summed E-state index contributed by atoms with van der Waals surface area (Å²) in [5.41, 5.74) is 2.44. The van der Waals surface area contributed by atoms with Gasteiger partial charge in [-0.3, -0.25) is 0 Å². The lowest BCUT2D eigenvalue weighted by Crippen LogP contribution is -2.09. The van der Waals surface area contributed by atoms with Crippen LogP contribution in [-0.4, -0.2) is 33.7 Å². The lowest BCUT2D eigenvalue weighted by Gasteiger charge is -2.04. The van der Waals surface area contributed by atoms with E-state index >= 15 is 0 Å². The van der Waals surface area contributed by atoms with Crippen LogP contribution in [0.1, 0.15) is 11.5 Å². The highest BCUT2D eigenvalue weighted by atomic mass is 16.5. The van der Waals surface area contributed by atoms with Gasteiger partial charge in [-0.15, -0.1) is 0 Å². The quantitative estimate of drug-likeness (QED) is 0.366. The first-order chi connectivity index (χ1) is 16.0. The highest BCUT2D eigenvalue weighted by molar-refractivity contribution is 6.19. The van der Waals surface area contributed by atoms with E-state index in [9.17, 15) is 14.7 Å². The number of oxazole rings is 1. The second-order valence-electron chi connectivity index (χ2n) is 7.05. The van der Waals surface area contributed by atoms with Gasteiger partial charge in [0.15, 0.2) is 12.4 Å². The third-order valence-corrected chi connectivity index (χ3v) is 4.70. The zero-order valence-electron chi connectivity index (χ0n) is 17.3. The Balaban J connectivity index is 1.79. The molecule has 0 spiro atoms. The number of rotatable bonds is 8. The molecule has 164 valence electrons. The molecule has 7 nitrogen and oxygen atoms in total. The highest BCUT2D eigenvalue weighted by Gasteiger charge is 2.22. The first-order valence-electron chi connectivity index (χ1n) is 10.0. The van der Waals surface area contributed by atoms with Gasteiger partial charge in [0.25, 0.3) is 0 Å². The number of hydrogen-bond acceptors (Lipinski definition) is 5. The monoisotopic (exact) mass is 441 g/mol. The van der Waals surface area contributed by atoms with Crippen LogP contribution in [0.4, 0.5) is 0 Å². The van der Waals surface area contributed by atoms with Gasteiger partial charge in [-0.2, -0.15) is 0 Å². The first-order valence-corrected chi connectivity index (χ1v) is 10.0. The van der Waals surface area contributed by atoms with Crippen molar-refractivity contribution in [2.45, 2.75) is 0 Å². The van der Waals surface area contributed by atoms with Crippen LogP contribution in [0.5, 0.6) is 5.75 Å². The van der Waals surface area contributed by atoms with Gasteiger partial charge in [-0.05, 0) is 23.8 Å². The third kappa shape index (κ3) is 5.16. The molecule has 1 heterocycles. The van der Waals surface area contributed by atoms with Crippen molar-refractivity contribution in [1.82, 2.24) is 4.98 Å². The van der Waals surface area contributed by atoms with Crippen molar-refractivity contribution >= 4 is 23.6 Å². The molecule has 2 N–H and O–H groups in total. The molecule has 0 atom stereocenters. The SMILES string of the molecule is O=C(O)COc1cccc(/C=C(/C(=O)O)c2nc(-c3ccccc3)c(-c3ccccc3)o2)c1. The van der Waals surface area contributed by atoms with Crippen molar-refractivity contribution in [3.05, 3.63) is 96.4 Å². The molecule has 1 aromatic heterocycles. The van der Waals surface area contributed by atoms with Gasteiger partial charge in [0.05, 0.1) is 0 Å². The number of carboxylic acid groups (broad SMARTS) is 2. The Morgan fingerprint density at radius 3 is 2.18 bits per heavy atom. The zero-order valence-corrected chi connectivity index (χ0v) is 17.3. The predicted molar refractivity (Wildman–Crippen MR) is 122 cm³/mol. The largest absolute Gasteiger partial charge is 0.482 e. The van der Waals surface area contributed by atoms with Crippen LogP contribution in [-0.2, 0) is 9.59 Å². The first kappa shape index (κ1) is 21.6. The molecule has 33 heavy (non-hydrogen) atoms. The molecule has 0 bridgehead atoms. The van der Waals surface area contributed by atoms with Gasteiger partial charge in [-0.1, -0.05) is 72.8 Å². The van der Waals surface area contributed by atoms with E-state index in [2.05, 4.69) is 4.98 Å². The Kier molecular flexibility index (Phi) is 6.31. The van der Waals surface area contributed by atoms with Gasteiger partial charge in [0, 0.05) is 11.1 Å². The van der Waals surface area contributed by atoms with Crippen LogP contribution in [0, 0.1) is 0 Å². The van der Waals surface area contributed by atoms with E-state index in [1.807, 2.05) is 60.7 Å². The maximum absolute atomic E-state index is 12.1. The minimum atomic E-state index is -1.22. The van der Waals surface area contributed by atoms with E-state index in [0.29, 0.717) is 22.8 Å². The third-order valence-electron chi connectivity index (χ3n) is 4.70. The molecule has 0 saturated carbocycles. The molecule has 0 fully saturated rings. The fourth-order valence-corrected chi connectivity index (χ4v) is 3.23. The van der Waals surface area contributed by atoms with E-state index in [4.69, 9.17) is 14.3 Å². The lowest BCUT2D eigenvalue weighted by atomic mass is 10.1. The van der Waals surface area contributed by atoms with E-state index in [-0.39, 0.29) is 11.5 Å². The van der Waals surface area contributed by atoms with E-state index in [1.165, 1.54) is 6.08 Å². The van der Waals surface area contributed by atoms with Gasteiger partial charge < -0.3 is 19.4 Å². The molecule has 0 radical (unpaired) electrons. The second-order valence-corrected chi connectivity index (χ2v) is 7.05. The molecule has 0 unspecified atom stereocenters. The van der Waals surface area contributed by atoms with E-state index in [0.717, 1.165) is 11.1 Å². The summed E-state index contributed by atoms with van der Waals surface area (Å²) < 4.78 is 11.2. The molecule has 0 amide bonds.